The predicted octanol–water partition coefficient (Wildman–Crippen LogP) is 2.23. The summed E-state index contributed by atoms with van der Waals surface area (Å²) in [6, 6.07) is 8.96. The van der Waals surface area contributed by atoms with Crippen LogP contribution in [-0.2, 0) is 16.0 Å². The Hall–Kier alpha value is -2.37. The number of aryl methyl sites for hydroxylation is 1. The van der Waals surface area contributed by atoms with Gasteiger partial charge in [-0.3, -0.25) is 14.5 Å². The molecule has 26 heavy (non-hydrogen) atoms. The van der Waals surface area contributed by atoms with Crippen LogP contribution in [0.1, 0.15) is 44.6 Å². The largest absolute Gasteiger partial charge is 0.352 e. The number of imide groups is 1. The van der Waals surface area contributed by atoms with E-state index in [0.717, 1.165) is 29.7 Å². The number of hydrogen-bond donors (Lipinski definition) is 2. The van der Waals surface area contributed by atoms with Gasteiger partial charge >= 0.3 is 6.03 Å². The van der Waals surface area contributed by atoms with Gasteiger partial charge in [-0.25, -0.2) is 4.79 Å². The van der Waals surface area contributed by atoms with Crippen molar-refractivity contribution in [1.82, 2.24) is 15.5 Å². The van der Waals surface area contributed by atoms with Gasteiger partial charge in [0.15, 0.2) is 0 Å². The van der Waals surface area contributed by atoms with E-state index in [1.807, 2.05) is 30.3 Å². The zero-order valence-corrected chi connectivity index (χ0v) is 15.2. The molecule has 6 nitrogen and oxygen atoms in total. The predicted molar refractivity (Wildman–Crippen MR) is 98.4 cm³/mol. The van der Waals surface area contributed by atoms with E-state index in [0.29, 0.717) is 18.8 Å². The monoisotopic (exact) mass is 357 g/mol. The maximum absolute atomic E-state index is 12.5. The minimum atomic E-state index is -0.552. The van der Waals surface area contributed by atoms with Crippen molar-refractivity contribution < 1.29 is 14.4 Å². The molecule has 1 aliphatic carbocycles. The molecule has 140 valence electrons. The molecule has 2 fully saturated rings. The second-order valence-electron chi connectivity index (χ2n) is 7.39. The lowest BCUT2D eigenvalue weighted by atomic mass is 9.86. The van der Waals surface area contributed by atoms with Crippen molar-refractivity contribution in [3.63, 3.8) is 0 Å². The molecular formula is C20H27N3O3. The van der Waals surface area contributed by atoms with Crippen LogP contribution in [0.4, 0.5) is 4.79 Å². The highest BCUT2D eigenvalue weighted by molar-refractivity contribution is 6.06. The molecular weight excluding hydrogens is 330 g/mol. The molecule has 1 heterocycles. The summed E-state index contributed by atoms with van der Waals surface area (Å²) in [6.45, 7) is 1.94. The van der Waals surface area contributed by atoms with E-state index in [1.54, 1.807) is 0 Å². The van der Waals surface area contributed by atoms with E-state index in [-0.39, 0.29) is 24.4 Å². The van der Waals surface area contributed by atoms with Crippen LogP contribution >= 0.6 is 0 Å². The molecule has 0 bridgehead atoms. The molecule has 0 unspecified atom stereocenters. The Morgan fingerprint density at radius 3 is 2.65 bits per heavy atom. The molecule has 1 saturated heterocycles. The molecule has 6 heteroatoms. The molecule has 4 amide bonds. The average molecular weight is 357 g/mol. The lowest BCUT2D eigenvalue weighted by Gasteiger charge is -2.29. The van der Waals surface area contributed by atoms with Gasteiger partial charge in [0.25, 0.3) is 5.91 Å². The first-order valence-electron chi connectivity index (χ1n) is 9.50. The Morgan fingerprint density at radius 1 is 1.19 bits per heavy atom. The third-order valence-electron chi connectivity index (χ3n) is 5.43. The summed E-state index contributed by atoms with van der Waals surface area (Å²) >= 11 is 0. The Kier molecular flexibility index (Phi) is 5.91. The minimum absolute atomic E-state index is 0.144. The SMILES string of the molecule is C[C@@H]1CCCC[C@H]1NC(=O)CN1C(=O)N[C@@H](CCc2ccccc2)C1=O. The second kappa shape index (κ2) is 8.34. The molecule has 0 aromatic heterocycles. The van der Waals surface area contributed by atoms with E-state index >= 15 is 0 Å². The van der Waals surface area contributed by atoms with Gasteiger partial charge in [0.2, 0.25) is 5.91 Å². The summed E-state index contributed by atoms with van der Waals surface area (Å²) in [5.74, 6) is -0.122. The van der Waals surface area contributed by atoms with Crippen LogP contribution in [0.25, 0.3) is 0 Å². The fourth-order valence-corrected chi connectivity index (χ4v) is 3.80. The highest BCUT2D eigenvalue weighted by atomic mass is 16.2. The van der Waals surface area contributed by atoms with Crippen LogP contribution in [0.5, 0.6) is 0 Å². The normalized spacial score (nSPS) is 25.9. The summed E-state index contributed by atoms with van der Waals surface area (Å²) in [6.07, 6.45) is 5.62. The van der Waals surface area contributed by atoms with Gasteiger partial charge in [0.1, 0.15) is 12.6 Å². The number of hydrogen-bond acceptors (Lipinski definition) is 3. The van der Waals surface area contributed by atoms with E-state index in [1.165, 1.54) is 6.42 Å². The summed E-state index contributed by atoms with van der Waals surface area (Å²) < 4.78 is 0. The molecule has 0 spiro atoms. The Morgan fingerprint density at radius 2 is 1.92 bits per heavy atom. The van der Waals surface area contributed by atoms with Crippen molar-refractivity contribution in [1.29, 1.82) is 0 Å². The summed E-state index contributed by atoms with van der Waals surface area (Å²) in [5.41, 5.74) is 1.12. The molecule has 1 aromatic rings. The van der Waals surface area contributed by atoms with Crippen molar-refractivity contribution in [3.05, 3.63) is 35.9 Å². The lowest BCUT2D eigenvalue weighted by molar-refractivity contribution is -0.132. The van der Waals surface area contributed by atoms with Gasteiger partial charge in [0.05, 0.1) is 0 Å². The van der Waals surface area contributed by atoms with Gasteiger partial charge < -0.3 is 10.6 Å². The number of carbonyl (C=O) groups excluding carboxylic acids is 3. The van der Waals surface area contributed by atoms with Gasteiger partial charge in [-0.2, -0.15) is 0 Å². The maximum Gasteiger partial charge on any atom is 0.325 e. The van der Waals surface area contributed by atoms with E-state index in [2.05, 4.69) is 17.6 Å². The lowest BCUT2D eigenvalue weighted by Crippen LogP contribution is -2.47. The first-order chi connectivity index (χ1) is 12.5. The van der Waals surface area contributed by atoms with Crippen molar-refractivity contribution in [2.24, 2.45) is 5.92 Å². The molecule has 1 aliphatic heterocycles. The third-order valence-corrected chi connectivity index (χ3v) is 5.43. The number of nitrogens with zero attached hydrogens (tertiary/aromatic N) is 1. The number of nitrogens with one attached hydrogen (secondary N) is 2. The van der Waals surface area contributed by atoms with Crippen LogP contribution in [0, 0.1) is 5.92 Å². The van der Waals surface area contributed by atoms with Crippen LogP contribution < -0.4 is 10.6 Å². The zero-order chi connectivity index (χ0) is 18.5. The van der Waals surface area contributed by atoms with Crippen molar-refractivity contribution in [2.45, 2.75) is 57.5 Å². The average Bonchev–Trinajstić information content (AvgIpc) is 2.90. The van der Waals surface area contributed by atoms with Crippen LogP contribution in [0.2, 0.25) is 0 Å². The van der Waals surface area contributed by atoms with E-state index < -0.39 is 12.1 Å². The number of rotatable bonds is 6. The summed E-state index contributed by atoms with van der Waals surface area (Å²) in [5, 5.41) is 5.70. The third kappa shape index (κ3) is 4.42. The molecule has 2 aliphatic rings. The van der Waals surface area contributed by atoms with Crippen LogP contribution in [0.15, 0.2) is 30.3 Å². The summed E-state index contributed by atoms with van der Waals surface area (Å²) in [4.78, 5) is 37.9. The van der Waals surface area contributed by atoms with Gasteiger partial charge in [-0.1, -0.05) is 50.1 Å². The fourth-order valence-electron chi connectivity index (χ4n) is 3.80. The quantitative estimate of drug-likeness (QED) is 0.767. The maximum atomic E-state index is 12.5. The number of urea groups is 1. The topological polar surface area (TPSA) is 78.5 Å². The molecule has 0 radical (unpaired) electrons. The van der Waals surface area contributed by atoms with E-state index in [4.69, 9.17) is 0 Å². The standard InChI is InChI=1S/C20H27N3O3/c1-14-7-5-6-10-16(14)21-18(24)13-23-19(25)17(22-20(23)26)12-11-15-8-3-2-4-9-15/h2-4,8-9,14,16-17H,5-7,10-13H2,1H3,(H,21,24)(H,22,26)/t14-,16-,17+/m1/s1. The van der Waals surface area contributed by atoms with E-state index in [9.17, 15) is 14.4 Å². The van der Waals surface area contributed by atoms with Gasteiger partial charge in [-0.05, 0) is 37.2 Å². The molecule has 1 saturated carbocycles. The second-order valence-corrected chi connectivity index (χ2v) is 7.39. The van der Waals surface area contributed by atoms with Crippen molar-refractivity contribution in [3.8, 4) is 0 Å². The Bertz CT molecular complexity index is 662. The zero-order valence-electron chi connectivity index (χ0n) is 15.2. The van der Waals surface area contributed by atoms with Crippen molar-refractivity contribution in [2.75, 3.05) is 6.54 Å². The Labute approximate surface area is 154 Å². The summed E-state index contributed by atoms with van der Waals surface area (Å²) in [7, 11) is 0. The number of amides is 4. The molecule has 3 atom stereocenters. The van der Waals surface area contributed by atoms with Crippen molar-refractivity contribution >= 4 is 17.8 Å². The Balaban J connectivity index is 1.51. The number of benzene rings is 1. The van der Waals surface area contributed by atoms with Crippen LogP contribution in [-0.4, -0.2) is 41.4 Å². The number of carbonyl (C=O) groups is 3. The first-order valence-corrected chi connectivity index (χ1v) is 9.50. The van der Waals surface area contributed by atoms with Gasteiger partial charge in [-0.15, -0.1) is 0 Å². The fraction of sp³-hybridized carbons (Fsp3) is 0.550. The van der Waals surface area contributed by atoms with Crippen LogP contribution in [0.3, 0.4) is 0 Å². The highest BCUT2D eigenvalue weighted by Gasteiger charge is 2.38. The highest BCUT2D eigenvalue weighted by Crippen LogP contribution is 2.23. The first kappa shape index (κ1) is 18.4. The molecule has 2 N–H and O–H groups in total. The van der Waals surface area contributed by atoms with Gasteiger partial charge in [0, 0.05) is 6.04 Å². The smallest absolute Gasteiger partial charge is 0.325 e. The molecule has 1 aromatic carbocycles. The minimum Gasteiger partial charge on any atom is -0.352 e. The molecule has 3 rings (SSSR count).